The maximum atomic E-state index is 2.48. The third-order valence-electron chi connectivity index (χ3n) is 4.53. The molecule has 0 amide bonds. The van der Waals surface area contributed by atoms with E-state index in [4.69, 9.17) is 0 Å². The van der Waals surface area contributed by atoms with Crippen LogP contribution in [0.1, 0.15) is 70.0 Å². The Morgan fingerprint density at radius 1 is 1.10 bits per heavy atom. The van der Waals surface area contributed by atoms with Crippen molar-refractivity contribution in [3.63, 3.8) is 0 Å². The van der Waals surface area contributed by atoms with Crippen molar-refractivity contribution in [2.24, 2.45) is 5.41 Å². The van der Waals surface area contributed by atoms with Crippen LogP contribution in [0, 0.1) is 5.41 Å². The van der Waals surface area contributed by atoms with Gasteiger partial charge in [-0.05, 0) is 62.2 Å². The summed E-state index contributed by atoms with van der Waals surface area (Å²) in [6.45, 7) is 8.25. The van der Waals surface area contributed by atoms with Gasteiger partial charge in [-0.2, -0.15) is 0 Å². The lowest BCUT2D eigenvalue weighted by Gasteiger charge is -2.20. The third kappa shape index (κ3) is 4.63. The van der Waals surface area contributed by atoms with Gasteiger partial charge in [0.1, 0.15) is 0 Å². The number of nitrogens with zero attached hydrogens (tertiary/aromatic N) is 1. The molecule has 1 heterocycles. The van der Waals surface area contributed by atoms with Crippen LogP contribution in [0.3, 0.4) is 0 Å². The van der Waals surface area contributed by atoms with E-state index in [9.17, 15) is 0 Å². The fourth-order valence-electron chi connectivity index (χ4n) is 3.22. The monoisotopic (exact) mass is 273 g/mol. The molecule has 1 atom stereocenters. The van der Waals surface area contributed by atoms with E-state index >= 15 is 0 Å². The van der Waals surface area contributed by atoms with E-state index in [1.807, 2.05) is 0 Å². The Morgan fingerprint density at radius 2 is 1.80 bits per heavy atom. The molecule has 0 aliphatic carbocycles. The van der Waals surface area contributed by atoms with Gasteiger partial charge in [0.15, 0.2) is 0 Å². The molecule has 1 aromatic carbocycles. The second-order valence-electron chi connectivity index (χ2n) is 7.65. The molecule has 0 bridgehead atoms. The fraction of sp³-hybridized carbons (Fsp3) is 0.684. The fourth-order valence-corrected chi connectivity index (χ4v) is 3.22. The highest BCUT2D eigenvalue weighted by molar-refractivity contribution is 5.25. The molecule has 0 saturated carbocycles. The van der Waals surface area contributed by atoms with Crippen molar-refractivity contribution < 1.29 is 0 Å². The number of aryl methyl sites for hydroxylation is 1. The lowest BCUT2D eigenvalue weighted by Crippen LogP contribution is -2.17. The summed E-state index contributed by atoms with van der Waals surface area (Å²) in [4.78, 5) is 2.48. The predicted octanol–water partition coefficient (Wildman–Crippen LogP) is 5.21. The van der Waals surface area contributed by atoms with Crippen LogP contribution in [0.5, 0.6) is 0 Å². The summed E-state index contributed by atoms with van der Waals surface area (Å²) in [6.07, 6.45) is 7.89. The minimum atomic E-state index is 0.483. The highest BCUT2D eigenvalue weighted by Crippen LogP contribution is 2.30. The molecule has 0 spiro atoms. The Balaban J connectivity index is 1.80. The van der Waals surface area contributed by atoms with E-state index in [1.54, 1.807) is 0 Å². The zero-order valence-corrected chi connectivity index (χ0v) is 13.8. The predicted molar refractivity (Wildman–Crippen MR) is 88.1 cm³/mol. The first-order valence-electron chi connectivity index (χ1n) is 8.25. The molecule has 1 saturated heterocycles. The molecule has 1 fully saturated rings. The molecule has 1 heteroatoms. The van der Waals surface area contributed by atoms with Crippen LogP contribution in [-0.2, 0) is 6.42 Å². The molecule has 1 aliphatic heterocycles. The largest absolute Gasteiger partial charge is 0.299 e. The first kappa shape index (κ1) is 15.6. The Morgan fingerprint density at radius 3 is 2.35 bits per heavy atom. The minimum absolute atomic E-state index is 0.483. The van der Waals surface area contributed by atoms with Crippen LogP contribution in [0.4, 0.5) is 0 Å². The molecule has 0 radical (unpaired) electrons. The number of hydrogen-bond donors (Lipinski definition) is 0. The quantitative estimate of drug-likeness (QED) is 0.665. The van der Waals surface area contributed by atoms with Gasteiger partial charge in [0, 0.05) is 6.04 Å². The zero-order valence-electron chi connectivity index (χ0n) is 13.8. The van der Waals surface area contributed by atoms with E-state index in [2.05, 4.69) is 57.0 Å². The molecular weight excluding hydrogens is 242 g/mol. The van der Waals surface area contributed by atoms with E-state index in [-0.39, 0.29) is 0 Å². The van der Waals surface area contributed by atoms with E-state index in [1.165, 1.54) is 56.2 Å². The SMILES string of the molecule is CN1CCCC1c1ccc(CCCCC(C)(C)C)cc1. The van der Waals surface area contributed by atoms with Gasteiger partial charge >= 0.3 is 0 Å². The molecule has 2 rings (SSSR count). The first-order valence-corrected chi connectivity index (χ1v) is 8.25. The lowest BCUT2D eigenvalue weighted by atomic mass is 9.89. The van der Waals surface area contributed by atoms with Crippen LogP contribution >= 0.6 is 0 Å². The zero-order chi connectivity index (χ0) is 14.6. The average Bonchev–Trinajstić information content (AvgIpc) is 2.81. The second kappa shape index (κ2) is 6.76. The van der Waals surface area contributed by atoms with Crippen molar-refractivity contribution in [1.82, 2.24) is 4.90 Å². The molecular formula is C19H31N. The Bertz CT molecular complexity index is 399. The summed E-state index contributed by atoms with van der Waals surface area (Å²) in [7, 11) is 2.25. The summed E-state index contributed by atoms with van der Waals surface area (Å²) in [5.74, 6) is 0. The van der Waals surface area contributed by atoms with E-state index in [0.717, 1.165) is 0 Å². The van der Waals surface area contributed by atoms with Crippen molar-refractivity contribution in [2.75, 3.05) is 13.6 Å². The van der Waals surface area contributed by atoms with Gasteiger partial charge in [0.05, 0.1) is 0 Å². The Hall–Kier alpha value is -0.820. The molecule has 1 aromatic rings. The van der Waals surface area contributed by atoms with E-state index < -0.39 is 0 Å². The maximum absolute atomic E-state index is 2.48. The first-order chi connectivity index (χ1) is 9.46. The molecule has 1 nitrogen and oxygen atoms in total. The van der Waals surface area contributed by atoms with Crippen LogP contribution in [-0.4, -0.2) is 18.5 Å². The number of rotatable bonds is 5. The van der Waals surface area contributed by atoms with Gasteiger partial charge in [0.2, 0.25) is 0 Å². The lowest BCUT2D eigenvalue weighted by molar-refractivity contribution is 0.317. The van der Waals surface area contributed by atoms with Gasteiger partial charge in [-0.25, -0.2) is 0 Å². The van der Waals surface area contributed by atoms with Crippen LogP contribution in [0.2, 0.25) is 0 Å². The summed E-state index contributed by atoms with van der Waals surface area (Å²) >= 11 is 0. The van der Waals surface area contributed by atoms with Crippen molar-refractivity contribution >= 4 is 0 Å². The number of unbranched alkanes of at least 4 members (excludes halogenated alkanes) is 1. The molecule has 1 aliphatic rings. The molecule has 20 heavy (non-hydrogen) atoms. The normalized spacial score (nSPS) is 20.5. The van der Waals surface area contributed by atoms with Crippen molar-refractivity contribution in [3.8, 4) is 0 Å². The number of likely N-dealkylation sites (tertiary alicyclic amines) is 1. The summed E-state index contributed by atoms with van der Waals surface area (Å²) < 4.78 is 0. The smallest absolute Gasteiger partial charge is 0.0345 e. The Labute approximate surface area is 125 Å². The summed E-state index contributed by atoms with van der Waals surface area (Å²) in [6, 6.07) is 10.1. The maximum Gasteiger partial charge on any atom is 0.0345 e. The molecule has 112 valence electrons. The Kier molecular flexibility index (Phi) is 5.26. The molecule has 1 unspecified atom stereocenters. The average molecular weight is 273 g/mol. The summed E-state index contributed by atoms with van der Waals surface area (Å²) in [5.41, 5.74) is 3.49. The van der Waals surface area contributed by atoms with Crippen LogP contribution in [0.25, 0.3) is 0 Å². The minimum Gasteiger partial charge on any atom is -0.299 e. The highest BCUT2D eigenvalue weighted by Gasteiger charge is 2.22. The van der Waals surface area contributed by atoms with E-state index in [0.29, 0.717) is 11.5 Å². The van der Waals surface area contributed by atoms with Gasteiger partial charge < -0.3 is 0 Å². The molecule has 0 N–H and O–H groups in total. The second-order valence-corrected chi connectivity index (χ2v) is 7.65. The van der Waals surface area contributed by atoms with Crippen molar-refractivity contribution in [2.45, 2.75) is 65.3 Å². The van der Waals surface area contributed by atoms with Gasteiger partial charge in [-0.15, -0.1) is 0 Å². The van der Waals surface area contributed by atoms with Crippen LogP contribution < -0.4 is 0 Å². The van der Waals surface area contributed by atoms with Crippen LogP contribution in [0.15, 0.2) is 24.3 Å². The van der Waals surface area contributed by atoms with Crippen molar-refractivity contribution in [1.29, 1.82) is 0 Å². The van der Waals surface area contributed by atoms with Gasteiger partial charge in [0.25, 0.3) is 0 Å². The van der Waals surface area contributed by atoms with Crippen molar-refractivity contribution in [3.05, 3.63) is 35.4 Å². The summed E-state index contributed by atoms with van der Waals surface area (Å²) in [5, 5.41) is 0. The highest BCUT2D eigenvalue weighted by atomic mass is 15.1. The van der Waals surface area contributed by atoms with Gasteiger partial charge in [-0.1, -0.05) is 51.5 Å². The number of hydrogen-bond acceptors (Lipinski definition) is 1. The topological polar surface area (TPSA) is 3.24 Å². The number of benzene rings is 1. The third-order valence-corrected chi connectivity index (χ3v) is 4.53. The van der Waals surface area contributed by atoms with Gasteiger partial charge in [-0.3, -0.25) is 4.90 Å². The standard InChI is InChI=1S/C19H31N/c1-19(2,3)14-6-5-8-16-10-12-17(13-11-16)18-9-7-15-20(18)4/h10-13,18H,5-9,14-15H2,1-4H3. The molecule has 0 aromatic heterocycles.